The van der Waals surface area contributed by atoms with E-state index >= 15 is 0 Å². The Balaban J connectivity index is 2.04. The minimum atomic E-state index is -3.37. The van der Waals surface area contributed by atoms with Crippen molar-refractivity contribution in [3.05, 3.63) is 17.5 Å². The molecule has 0 saturated carbocycles. The van der Waals surface area contributed by atoms with Crippen molar-refractivity contribution >= 4 is 10.0 Å². The SMILES string of the molecule is Cc1cc(CS(=O)(=O)N2CCC(C(C)O)C2)no1. The van der Waals surface area contributed by atoms with Crippen LogP contribution in [-0.4, -0.2) is 42.2 Å². The third-order valence-corrected chi connectivity index (χ3v) is 5.05. The first-order valence-corrected chi connectivity index (χ1v) is 7.57. The average molecular weight is 274 g/mol. The fraction of sp³-hybridized carbons (Fsp3) is 0.727. The molecule has 2 unspecified atom stereocenters. The van der Waals surface area contributed by atoms with Gasteiger partial charge in [0.15, 0.2) is 0 Å². The van der Waals surface area contributed by atoms with Crippen LogP contribution in [-0.2, 0) is 15.8 Å². The molecule has 0 bridgehead atoms. The van der Waals surface area contributed by atoms with Crippen molar-refractivity contribution in [1.82, 2.24) is 9.46 Å². The summed E-state index contributed by atoms with van der Waals surface area (Å²) in [5.41, 5.74) is 0.424. The van der Waals surface area contributed by atoms with E-state index < -0.39 is 16.1 Å². The van der Waals surface area contributed by atoms with E-state index in [1.54, 1.807) is 19.9 Å². The Labute approximate surface area is 107 Å². The van der Waals surface area contributed by atoms with Gasteiger partial charge in [-0.3, -0.25) is 0 Å². The molecule has 1 aliphatic rings. The molecule has 0 radical (unpaired) electrons. The lowest BCUT2D eigenvalue weighted by molar-refractivity contribution is 0.133. The number of aryl methyl sites for hydroxylation is 1. The Morgan fingerprint density at radius 1 is 1.67 bits per heavy atom. The lowest BCUT2D eigenvalue weighted by Gasteiger charge is -2.16. The molecule has 1 saturated heterocycles. The van der Waals surface area contributed by atoms with Gasteiger partial charge in [-0.15, -0.1) is 0 Å². The Kier molecular flexibility index (Phi) is 3.74. The molecule has 102 valence electrons. The number of aliphatic hydroxyl groups excluding tert-OH is 1. The highest BCUT2D eigenvalue weighted by Crippen LogP contribution is 2.24. The first kappa shape index (κ1) is 13.5. The molecule has 6 nitrogen and oxygen atoms in total. The van der Waals surface area contributed by atoms with Crippen LogP contribution in [0.4, 0.5) is 0 Å². The maximum absolute atomic E-state index is 12.1. The molecule has 0 amide bonds. The minimum Gasteiger partial charge on any atom is -0.393 e. The van der Waals surface area contributed by atoms with Crippen LogP contribution in [0.25, 0.3) is 0 Å². The van der Waals surface area contributed by atoms with Crippen LogP contribution in [0.5, 0.6) is 0 Å². The van der Waals surface area contributed by atoms with Crippen LogP contribution in [0.1, 0.15) is 24.8 Å². The van der Waals surface area contributed by atoms with E-state index in [1.165, 1.54) is 4.31 Å². The van der Waals surface area contributed by atoms with Crippen molar-refractivity contribution in [3.63, 3.8) is 0 Å². The summed E-state index contributed by atoms with van der Waals surface area (Å²) in [5.74, 6) is 0.485. The van der Waals surface area contributed by atoms with Crippen molar-refractivity contribution in [2.75, 3.05) is 13.1 Å². The minimum absolute atomic E-state index is 0.0267. The number of hydrogen-bond acceptors (Lipinski definition) is 5. The van der Waals surface area contributed by atoms with Crippen molar-refractivity contribution in [2.24, 2.45) is 5.92 Å². The summed E-state index contributed by atoms with van der Waals surface area (Å²) in [6, 6.07) is 1.62. The van der Waals surface area contributed by atoms with E-state index in [4.69, 9.17) is 4.52 Å². The van der Waals surface area contributed by atoms with Gasteiger partial charge >= 0.3 is 0 Å². The molecular formula is C11H18N2O4S. The maximum Gasteiger partial charge on any atom is 0.219 e. The first-order chi connectivity index (χ1) is 8.38. The molecule has 2 rings (SSSR count). The third-order valence-electron chi connectivity index (χ3n) is 3.27. The van der Waals surface area contributed by atoms with Gasteiger partial charge < -0.3 is 9.63 Å². The molecule has 1 aromatic heterocycles. The number of nitrogens with zero attached hydrogens (tertiary/aromatic N) is 2. The highest BCUT2D eigenvalue weighted by atomic mass is 32.2. The molecule has 0 aliphatic carbocycles. The number of hydrogen-bond donors (Lipinski definition) is 1. The zero-order chi connectivity index (χ0) is 13.3. The molecule has 18 heavy (non-hydrogen) atoms. The van der Waals surface area contributed by atoms with Crippen LogP contribution in [0.15, 0.2) is 10.6 Å². The molecular weight excluding hydrogens is 256 g/mol. The number of rotatable bonds is 4. The molecule has 1 aliphatic heterocycles. The van der Waals surface area contributed by atoms with Gasteiger partial charge in [0.1, 0.15) is 17.2 Å². The van der Waals surface area contributed by atoms with Gasteiger partial charge in [-0.2, -0.15) is 0 Å². The van der Waals surface area contributed by atoms with Crippen LogP contribution in [0, 0.1) is 12.8 Å². The summed E-state index contributed by atoms with van der Waals surface area (Å²) in [6.45, 7) is 4.27. The normalized spacial score (nSPS) is 23.4. The summed E-state index contributed by atoms with van der Waals surface area (Å²) < 4.78 is 30.6. The Morgan fingerprint density at radius 2 is 2.39 bits per heavy atom. The molecule has 1 aromatic rings. The van der Waals surface area contributed by atoms with Gasteiger partial charge in [-0.1, -0.05) is 5.16 Å². The second-order valence-corrected chi connectivity index (χ2v) is 6.80. The molecule has 2 atom stereocenters. The molecule has 7 heteroatoms. The largest absolute Gasteiger partial charge is 0.393 e. The predicted molar refractivity (Wildman–Crippen MR) is 65.2 cm³/mol. The lowest BCUT2D eigenvalue weighted by atomic mass is 10.0. The highest BCUT2D eigenvalue weighted by molar-refractivity contribution is 7.88. The van der Waals surface area contributed by atoms with E-state index in [-0.39, 0.29) is 11.7 Å². The maximum atomic E-state index is 12.1. The summed E-state index contributed by atoms with van der Waals surface area (Å²) >= 11 is 0. The summed E-state index contributed by atoms with van der Waals surface area (Å²) in [5, 5.41) is 13.2. The quantitative estimate of drug-likeness (QED) is 0.865. The van der Waals surface area contributed by atoms with Crippen molar-refractivity contribution in [3.8, 4) is 0 Å². The number of aliphatic hydroxyl groups is 1. The summed E-state index contributed by atoms with van der Waals surface area (Å²) in [4.78, 5) is 0. The van der Waals surface area contributed by atoms with Crippen LogP contribution < -0.4 is 0 Å². The van der Waals surface area contributed by atoms with Crippen molar-refractivity contribution in [1.29, 1.82) is 0 Å². The average Bonchev–Trinajstić information content (AvgIpc) is 2.86. The molecule has 2 heterocycles. The highest BCUT2D eigenvalue weighted by Gasteiger charge is 2.33. The number of aromatic nitrogens is 1. The first-order valence-electron chi connectivity index (χ1n) is 5.96. The van der Waals surface area contributed by atoms with Crippen LogP contribution in [0.2, 0.25) is 0 Å². The second-order valence-electron chi connectivity index (χ2n) is 4.83. The van der Waals surface area contributed by atoms with E-state index in [2.05, 4.69) is 5.16 Å². The van der Waals surface area contributed by atoms with Gasteiger partial charge in [-0.05, 0) is 26.2 Å². The zero-order valence-electron chi connectivity index (χ0n) is 10.5. The predicted octanol–water partition coefficient (Wildman–Crippen LogP) is 0.516. The fourth-order valence-corrected chi connectivity index (χ4v) is 3.66. The lowest BCUT2D eigenvalue weighted by Crippen LogP contribution is -2.31. The Morgan fingerprint density at radius 3 is 2.89 bits per heavy atom. The Bertz CT molecular complexity index is 509. The standard InChI is InChI=1S/C11H18N2O4S/c1-8-5-11(12-17-8)7-18(15,16)13-4-3-10(6-13)9(2)14/h5,9-10,14H,3-4,6-7H2,1-2H3. The van der Waals surface area contributed by atoms with Gasteiger partial charge in [0.2, 0.25) is 10.0 Å². The summed E-state index contributed by atoms with van der Waals surface area (Å²) in [6.07, 6.45) is 0.230. The zero-order valence-corrected chi connectivity index (χ0v) is 11.4. The Hall–Kier alpha value is -0.920. The summed E-state index contributed by atoms with van der Waals surface area (Å²) in [7, 11) is -3.37. The van der Waals surface area contributed by atoms with E-state index in [0.717, 1.165) is 0 Å². The van der Waals surface area contributed by atoms with Gasteiger partial charge in [0, 0.05) is 19.2 Å². The fourth-order valence-electron chi connectivity index (χ4n) is 2.16. The van der Waals surface area contributed by atoms with Gasteiger partial charge in [0.25, 0.3) is 0 Å². The van der Waals surface area contributed by atoms with E-state index in [0.29, 0.717) is 31.0 Å². The monoisotopic (exact) mass is 274 g/mol. The van der Waals surface area contributed by atoms with Gasteiger partial charge in [-0.25, -0.2) is 12.7 Å². The number of sulfonamides is 1. The topological polar surface area (TPSA) is 83.6 Å². The molecule has 1 fully saturated rings. The molecule has 0 spiro atoms. The van der Waals surface area contributed by atoms with Crippen LogP contribution >= 0.6 is 0 Å². The van der Waals surface area contributed by atoms with Crippen molar-refractivity contribution < 1.29 is 18.0 Å². The van der Waals surface area contributed by atoms with Crippen molar-refractivity contribution in [2.45, 2.75) is 32.1 Å². The molecule has 1 N–H and O–H groups in total. The van der Waals surface area contributed by atoms with E-state index in [1.807, 2.05) is 0 Å². The smallest absolute Gasteiger partial charge is 0.219 e. The third kappa shape index (κ3) is 2.90. The van der Waals surface area contributed by atoms with E-state index in [9.17, 15) is 13.5 Å². The molecule has 0 aromatic carbocycles. The van der Waals surface area contributed by atoms with Crippen LogP contribution in [0.3, 0.4) is 0 Å². The second kappa shape index (κ2) is 4.99. The van der Waals surface area contributed by atoms with Gasteiger partial charge in [0.05, 0.1) is 6.10 Å².